The fraction of sp³-hybridized carbons (Fsp3) is 0.389. The second-order valence-corrected chi connectivity index (χ2v) is 6.03. The van der Waals surface area contributed by atoms with Gasteiger partial charge in [0, 0.05) is 11.8 Å². The van der Waals surface area contributed by atoms with Gasteiger partial charge in [-0.2, -0.15) is 4.98 Å². The van der Waals surface area contributed by atoms with Crippen molar-refractivity contribution >= 4 is 10.9 Å². The van der Waals surface area contributed by atoms with E-state index in [1.54, 1.807) is 0 Å². The largest absolute Gasteiger partial charge is 0.477 e. The summed E-state index contributed by atoms with van der Waals surface area (Å²) in [6, 6.07) is 8.11. The molecule has 120 valence electrons. The Kier molecular flexibility index (Phi) is 4.28. The van der Waals surface area contributed by atoms with Gasteiger partial charge in [-0.3, -0.25) is 0 Å². The summed E-state index contributed by atoms with van der Waals surface area (Å²) in [4.78, 5) is 9.16. The fourth-order valence-electron chi connectivity index (χ4n) is 2.53. The van der Waals surface area contributed by atoms with Gasteiger partial charge in [-0.05, 0) is 31.4 Å². The first-order valence-electron chi connectivity index (χ1n) is 7.94. The van der Waals surface area contributed by atoms with Gasteiger partial charge in [0.05, 0.1) is 17.7 Å². The molecular formula is C18H21N3O2. The first kappa shape index (κ1) is 15.5. The minimum atomic E-state index is 0.465. The molecule has 2 heterocycles. The Morgan fingerprint density at radius 1 is 1.22 bits per heavy atom. The fourth-order valence-corrected chi connectivity index (χ4v) is 2.53. The van der Waals surface area contributed by atoms with E-state index in [4.69, 9.17) is 9.26 Å². The summed E-state index contributed by atoms with van der Waals surface area (Å²) in [5, 5.41) is 5.15. The molecule has 0 bridgehead atoms. The third-order valence-electron chi connectivity index (χ3n) is 3.59. The van der Waals surface area contributed by atoms with Crippen LogP contribution in [-0.2, 0) is 6.42 Å². The average molecular weight is 311 g/mol. The number of hydrogen-bond donors (Lipinski definition) is 0. The number of nitrogens with zero attached hydrogens (tertiary/aromatic N) is 3. The lowest BCUT2D eigenvalue weighted by molar-refractivity contribution is 0.328. The number of rotatable bonds is 5. The number of fused-ring (bicyclic) bond motifs is 1. The molecule has 5 nitrogen and oxygen atoms in total. The van der Waals surface area contributed by atoms with Crippen LogP contribution in [0.4, 0.5) is 0 Å². The van der Waals surface area contributed by atoms with Crippen molar-refractivity contribution in [2.75, 3.05) is 6.61 Å². The highest BCUT2D eigenvalue weighted by Gasteiger charge is 2.17. The molecule has 0 saturated heterocycles. The van der Waals surface area contributed by atoms with Crippen LogP contribution in [0.15, 0.2) is 28.8 Å². The molecule has 0 fully saturated rings. The summed E-state index contributed by atoms with van der Waals surface area (Å²) >= 11 is 0. The quantitative estimate of drug-likeness (QED) is 0.707. The Hall–Kier alpha value is -2.43. The molecule has 0 saturated carbocycles. The molecule has 3 aromatic rings. The van der Waals surface area contributed by atoms with E-state index in [0.717, 1.165) is 28.5 Å². The topological polar surface area (TPSA) is 61.0 Å². The van der Waals surface area contributed by atoms with Crippen molar-refractivity contribution < 1.29 is 9.26 Å². The van der Waals surface area contributed by atoms with E-state index in [1.165, 1.54) is 0 Å². The second kappa shape index (κ2) is 6.36. The van der Waals surface area contributed by atoms with E-state index in [2.05, 4.69) is 29.0 Å². The van der Waals surface area contributed by atoms with Crippen LogP contribution in [-0.4, -0.2) is 21.7 Å². The molecule has 0 radical (unpaired) electrons. The second-order valence-electron chi connectivity index (χ2n) is 6.03. The smallest absolute Gasteiger partial charge is 0.227 e. The van der Waals surface area contributed by atoms with E-state index in [1.807, 2.05) is 38.1 Å². The van der Waals surface area contributed by atoms with Gasteiger partial charge < -0.3 is 9.26 Å². The van der Waals surface area contributed by atoms with E-state index in [9.17, 15) is 0 Å². The van der Waals surface area contributed by atoms with Crippen molar-refractivity contribution in [2.45, 2.75) is 34.1 Å². The Balaban J connectivity index is 2.11. The van der Waals surface area contributed by atoms with Gasteiger partial charge in [-0.15, -0.1) is 0 Å². The molecule has 5 heteroatoms. The van der Waals surface area contributed by atoms with Crippen molar-refractivity contribution in [3.63, 3.8) is 0 Å². The molecule has 0 aliphatic rings. The predicted octanol–water partition coefficient (Wildman–Crippen LogP) is 4.19. The van der Waals surface area contributed by atoms with Gasteiger partial charge in [0.2, 0.25) is 17.6 Å². The minimum absolute atomic E-state index is 0.465. The molecule has 0 spiro atoms. The maximum Gasteiger partial charge on any atom is 0.227 e. The maximum atomic E-state index is 5.71. The van der Waals surface area contributed by atoms with Gasteiger partial charge in [0.25, 0.3) is 0 Å². The van der Waals surface area contributed by atoms with Crippen LogP contribution in [0.2, 0.25) is 0 Å². The zero-order chi connectivity index (χ0) is 16.4. The molecule has 0 amide bonds. The van der Waals surface area contributed by atoms with Crippen LogP contribution in [0, 0.1) is 12.8 Å². The average Bonchev–Trinajstić information content (AvgIpc) is 2.95. The van der Waals surface area contributed by atoms with Crippen LogP contribution in [0.3, 0.4) is 0 Å². The molecule has 0 aliphatic carbocycles. The Morgan fingerprint density at radius 2 is 2.04 bits per heavy atom. The third-order valence-corrected chi connectivity index (χ3v) is 3.59. The SMILES string of the molecule is CCOc1nc2c(C)cccc2cc1-c1noc(CC(C)C)n1. The molecule has 0 unspecified atom stereocenters. The number of para-hydroxylation sites is 1. The zero-order valence-corrected chi connectivity index (χ0v) is 14.0. The highest BCUT2D eigenvalue weighted by molar-refractivity contribution is 5.87. The Bertz CT molecular complexity index is 824. The summed E-state index contributed by atoms with van der Waals surface area (Å²) in [7, 11) is 0. The molecule has 0 N–H and O–H groups in total. The van der Waals surface area contributed by atoms with E-state index in [-0.39, 0.29) is 0 Å². The first-order chi connectivity index (χ1) is 11.1. The molecule has 2 aromatic heterocycles. The number of aryl methyl sites for hydroxylation is 1. The summed E-state index contributed by atoms with van der Waals surface area (Å²) < 4.78 is 11.1. The summed E-state index contributed by atoms with van der Waals surface area (Å²) in [5.41, 5.74) is 2.82. The van der Waals surface area contributed by atoms with Crippen LogP contribution < -0.4 is 4.74 Å². The number of ether oxygens (including phenoxy) is 1. The number of pyridine rings is 1. The lowest BCUT2D eigenvalue weighted by Crippen LogP contribution is -1.99. The summed E-state index contributed by atoms with van der Waals surface area (Å²) in [5.74, 6) is 2.18. The number of aromatic nitrogens is 3. The summed E-state index contributed by atoms with van der Waals surface area (Å²) in [6.45, 7) is 8.76. The molecule has 0 atom stereocenters. The van der Waals surface area contributed by atoms with Crippen LogP contribution >= 0.6 is 0 Å². The predicted molar refractivity (Wildman–Crippen MR) is 89.5 cm³/mol. The molecule has 23 heavy (non-hydrogen) atoms. The third kappa shape index (κ3) is 3.18. The Morgan fingerprint density at radius 3 is 2.78 bits per heavy atom. The molecular weight excluding hydrogens is 290 g/mol. The maximum absolute atomic E-state index is 5.71. The van der Waals surface area contributed by atoms with Gasteiger partial charge in [0.15, 0.2) is 0 Å². The van der Waals surface area contributed by atoms with Crippen molar-refractivity contribution in [3.8, 4) is 17.3 Å². The van der Waals surface area contributed by atoms with Gasteiger partial charge in [-0.25, -0.2) is 4.98 Å². The van der Waals surface area contributed by atoms with Gasteiger partial charge in [-0.1, -0.05) is 37.2 Å². The van der Waals surface area contributed by atoms with E-state index in [0.29, 0.717) is 30.1 Å². The first-order valence-corrected chi connectivity index (χ1v) is 7.94. The van der Waals surface area contributed by atoms with Gasteiger partial charge >= 0.3 is 0 Å². The van der Waals surface area contributed by atoms with Crippen LogP contribution in [0.25, 0.3) is 22.3 Å². The monoisotopic (exact) mass is 311 g/mol. The lowest BCUT2D eigenvalue weighted by Gasteiger charge is -2.09. The van der Waals surface area contributed by atoms with Crippen molar-refractivity contribution in [3.05, 3.63) is 35.7 Å². The molecule has 3 rings (SSSR count). The number of benzene rings is 1. The van der Waals surface area contributed by atoms with Crippen LogP contribution in [0.1, 0.15) is 32.2 Å². The van der Waals surface area contributed by atoms with E-state index < -0.39 is 0 Å². The van der Waals surface area contributed by atoms with Crippen molar-refractivity contribution in [1.29, 1.82) is 0 Å². The minimum Gasteiger partial charge on any atom is -0.477 e. The van der Waals surface area contributed by atoms with E-state index >= 15 is 0 Å². The lowest BCUT2D eigenvalue weighted by atomic mass is 10.1. The molecule has 1 aromatic carbocycles. The van der Waals surface area contributed by atoms with Crippen molar-refractivity contribution in [2.24, 2.45) is 5.92 Å². The van der Waals surface area contributed by atoms with Gasteiger partial charge in [0.1, 0.15) is 0 Å². The standard InChI is InChI=1S/C18H21N3O2/c1-5-22-18-14(17-19-15(23-21-17)9-11(2)3)10-13-8-6-7-12(4)16(13)20-18/h6-8,10-11H,5,9H2,1-4H3. The van der Waals surface area contributed by atoms with Crippen molar-refractivity contribution in [1.82, 2.24) is 15.1 Å². The highest BCUT2D eigenvalue weighted by atomic mass is 16.5. The molecule has 0 aliphatic heterocycles. The Labute approximate surface area is 135 Å². The summed E-state index contributed by atoms with van der Waals surface area (Å²) in [6.07, 6.45) is 0.761. The normalized spacial score (nSPS) is 11.3. The highest BCUT2D eigenvalue weighted by Crippen LogP contribution is 2.31. The van der Waals surface area contributed by atoms with Crippen LogP contribution in [0.5, 0.6) is 5.88 Å². The number of hydrogen-bond acceptors (Lipinski definition) is 5. The zero-order valence-electron chi connectivity index (χ0n) is 14.0.